The smallest absolute Gasteiger partial charge is 0.0997 e. The molecule has 0 fully saturated rings. The molecular weight excluding hydrogens is 220 g/mol. The molecule has 2 rings (SSSR count). The summed E-state index contributed by atoms with van der Waals surface area (Å²) in [6.45, 7) is 1.69. The normalized spacial score (nSPS) is 11.0. The maximum Gasteiger partial charge on any atom is 0.0997 e. The second-order valence-electron chi connectivity index (χ2n) is 4.32. The molecule has 0 aliphatic heterocycles. The summed E-state index contributed by atoms with van der Waals surface area (Å²) in [5, 5.41) is 0. The fraction of sp³-hybridized carbons (Fsp3) is 0.125. The highest BCUT2D eigenvalue weighted by Crippen LogP contribution is 2.10. The zero-order valence-electron chi connectivity index (χ0n) is 10.6. The summed E-state index contributed by atoms with van der Waals surface area (Å²) < 4.78 is 0. The van der Waals surface area contributed by atoms with Gasteiger partial charge in [-0.25, -0.2) is 0 Å². The molecular formula is C16H20N2+2. The van der Waals surface area contributed by atoms with Crippen molar-refractivity contribution in [1.29, 1.82) is 0 Å². The fourth-order valence-corrected chi connectivity index (χ4v) is 1.78. The quantitative estimate of drug-likeness (QED) is 0.758. The van der Waals surface area contributed by atoms with Crippen molar-refractivity contribution in [1.82, 2.24) is 0 Å². The van der Waals surface area contributed by atoms with Crippen LogP contribution in [-0.4, -0.2) is 0 Å². The van der Waals surface area contributed by atoms with Gasteiger partial charge >= 0.3 is 0 Å². The number of rotatable bonds is 4. The van der Waals surface area contributed by atoms with Gasteiger partial charge in [0.15, 0.2) is 0 Å². The average molecular weight is 240 g/mol. The lowest BCUT2D eigenvalue weighted by molar-refractivity contribution is -0.386. The van der Waals surface area contributed by atoms with E-state index in [1.807, 2.05) is 0 Å². The van der Waals surface area contributed by atoms with Gasteiger partial charge in [0.25, 0.3) is 0 Å². The Kier molecular flexibility index (Phi) is 4.29. The molecule has 0 radical (unpaired) electrons. The SMILES string of the molecule is [NH3+]Cc1ccc(/C=C/c2ccc(C[NH3+])cc2)cc1. The highest BCUT2D eigenvalue weighted by molar-refractivity contribution is 5.69. The second kappa shape index (κ2) is 6.15. The Bertz CT molecular complexity index is 460. The first-order valence-corrected chi connectivity index (χ1v) is 6.26. The summed E-state index contributed by atoms with van der Waals surface area (Å²) in [6.07, 6.45) is 4.26. The molecule has 0 spiro atoms. The van der Waals surface area contributed by atoms with Crippen molar-refractivity contribution >= 4 is 12.2 Å². The Hall–Kier alpha value is -1.90. The Balaban J connectivity index is 2.08. The van der Waals surface area contributed by atoms with Crippen molar-refractivity contribution in [2.45, 2.75) is 13.1 Å². The molecule has 92 valence electrons. The third-order valence-electron chi connectivity index (χ3n) is 3.01. The molecule has 0 unspecified atom stereocenters. The van der Waals surface area contributed by atoms with E-state index in [0.717, 1.165) is 13.1 Å². The third kappa shape index (κ3) is 3.29. The largest absolute Gasteiger partial charge is 0.354 e. The molecule has 0 atom stereocenters. The van der Waals surface area contributed by atoms with Crippen molar-refractivity contribution < 1.29 is 11.5 Å². The molecule has 2 heteroatoms. The minimum absolute atomic E-state index is 0.844. The first kappa shape index (κ1) is 12.6. The van der Waals surface area contributed by atoms with Crippen molar-refractivity contribution in [2.75, 3.05) is 0 Å². The van der Waals surface area contributed by atoms with Crippen LogP contribution in [0.2, 0.25) is 0 Å². The molecule has 18 heavy (non-hydrogen) atoms. The van der Waals surface area contributed by atoms with Gasteiger partial charge in [-0.05, 0) is 11.1 Å². The Morgan fingerprint density at radius 2 is 0.944 bits per heavy atom. The number of hydrogen-bond acceptors (Lipinski definition) is 0. The van der Waals surface area contributed by atoms with Crippen LogP contribution in [0.15, 0.2) is 48.5 Å². The van der Waals surface area contributed by atoms with Gasteiger partial charge in [0, 0.05) is 11.1 Å². The summed E-state index contributed by atoms with van der Waals surface area (Å²) in [5.74, 6) is 0. The average Bonchev–Trinajstić information content (AvgIpc) is 2.46. The lowest BCUT2D eigenvalue weighted by Crippen LogP contribution is -2.47. The Morgan fingerprint density at radius 3 is 1.22 bits per heavy atom. The predicted molar refractivity (Wildman–Crippen MR) is 75.0 cm³/mol. The lowest BCUT2D eigenvalue weighted by atomic mass is 10.1. The van der Waals surface area contributed by atoms with Gasteiger partial charge in [-0.2, -0.15) is 0 Å². The van der Waals surface area contributed by atoms with Crippen LogP contribution in [0.4, 0.5) is 0 Å². The fourth-order valence-electron chi connectivity index (χ4n) is 1.78. The molecule has 0 saturated heterocycles. The zero-order chi connectivity index (χ0) is 12.8. The van der Waals surface area contributed by atoms with Crippen molar-refractivity contribution in [2.24, 2.45) is 0 Å². The topological polar surface area (TPSA) is 55.3 Å². The van der Waals surface area contributed by atoms with Crippen LogP contribution in [0.3, 0.4) is 0 Å². The summed E-state index contributed by atoms with van der Waals surface area (Å²) >= 11 is 0. The van der Waals surface area contributed by atoms with E-state index in [2.05, 4.69) is 72.2 Å². The summed E-state index contributed by atoms with van der Waals surface area (Å²) in [7, 11) is 0. The number of hydrogen-bond donors (Lipinski definition) is 2. The third-order valence-corrected chi connectivity index (χ3v) is 3.01. The van der Waals surface area contributed by atoms with E-state index in [1.165, 1.54) is 22.3 Å². The first-order valence-electron chi connectivity index (χ1n) is 6.26. The first-order chi connectivity index (χ1) is 8.81. The van der Waals surface area contributed by atoms with Gasteiger partial charge in [0.1, 0.15) is 0 Å². The predicted octanol–water partition coefficient (Wildman–Crippen LogP) is 1.34. The van der Waals surface area contributed by atoms with Crippen molar-refractivity contribution in [3.63, 3.8) is 0 Å². The minimum atomic E-state index is 0.844. The van der Waals surface area contributed by atoms with Gasteiger partial charge in [-0.3, -0.25) is 0 Å². The van der Waals surface area contributed by atoms with E-state index in [4.69, 9.17) is 0 Å². The van der Waals surface area contributed by atoms with Crippen molar-refractivity contribution in [3.05, 3.63) is 70.8 Å². The number of quaternary nitrogens is 2. The van der Waals surface area contributed by atoms with Gasteiger partial charge < -0.3 is 11.5 Å². The number of benzene rings is 2. The van der Waals surface area contributed by atoms with Crippen LogP contribution in [0.5, 0.6) is 0 Å². The van der Waals surface area contributed by atoms with Gasteiger partial charge in [-0.1, -0.05) is 60.7 Å². The lowest BCUT2D eigenvalue weighted by Gasteiger charge is -1.98. The minimum Gasteiger partial charge on any atom is -0.354 e. The Labute approximate surface area is 108 Å². The molecule has 2 aromatic carbocycles. The molecule has 0 amide bonds. The Morgan fingerprint density at radius 1 is 0.611 bits per heavy atom. The maximum atomic E-state index is 3.87. The highest BCUT2D eigenvalue weighted by Gasteiger charge is 1.93. The maximum absolute atomic E-state index is 3.87. The molecule has 0 saturated carbocycles. The summed E-state index contributed by atoms with van der Waals surface area (Å²) in [5.41, 5.74) is 12.7. The van der Waals surface area contributed by atoms with Crippen LogP contribution in [0, 0.1) is 0 Å². The molecule has 0 aliphatic rings. The standard InChI is InChI=1S/C16H18N2/c17-11-15-7-3-13(4-8-15)1-2-14-5-9-16(12-18)10-6-14/h1-10H,11-12,17-18H2/p+2/b2-1+. The van der Waals surface area contributed by atoms with Crippen LogP contribution >= 0.6 is 0 Å². The summed E-state index contributed by atoms with van der Waals surface area (Å²) in [4.78, 5) is 0. The molecule has 0 aliphatic carbocycles. The molecule has 2 nitrogen and oxygen atoms in total. The molecule has 6 N–H and O–H groups in total. The van der Waals surface area contributed by atoms with Crippen LogP contribution in [0.25, 0.3) is 12.2 Å². The molecule has 0 heterocycles. The van der Waals surface area contributed by atoms with Crippen LogP contribution < -0.4 is 11.5 Å². The van der Waals surface area contributed by atoms with E-state index in [1.54, 1.807) is 0 Å². The van der Waals surface area contributed by atoms with Gasteiger partial charge in [-0.15, -0.1) is 0 Å². The van der Waals surface area contributed by atoms with E-state index < -0.39 is 0 Å². The highest BCUT2D eigenvalue weighted by atomic mass is 14.5. The monoisotopic (exact) mass is 240 g/mol. The van der Waals surface area contributed by atoms with Gasteiger partial charge in [0.05, 0.1) is 13.1 Å². The molecule has 0 aromatic heterocycles. The van der Waals surface area contributed by atoms with Crippen LogP contribution in [-0.2, 0) is 13.1 Å². The van der Waals surface area contributed by atoms with E-state index in [-0.39, 0.29) is 0 Å². The second-order valence-corrected chi connectivity index (χ2v) is 4.32. The zero-order valence-corrected chi connectivity index (χ0v) is 10.6. The van der Waals surface area contributed by atoms with E-state index in [9.17, 15) is 0 Å². The van der Waals surface area contributed by atoms with Crippen LogP contribution in [0.1, 0.15) is 22.3 Å². The van der Waals surface area contributed by atoms with Gasteiger partial charge in [0.2, 0.25) is 0 Å². The van der Waals surface area contributed by atoms with Crippen molar-refractivity contribution in [3.8, 4) is 0 Å². The summed E-state index contributed by atoms with van der Waals surface area (Å²) in [6, 6.07) is 17.0. The van der Waals surface area contributed by atoms with E-state index in [0.29, 0.717) is 0 Å². The molecule has 2 aromatic rings. The molecule has 0 bridgehead atoms. The van der Waals surface area contributed by atoms with E-state index >= 15 is 0 Å².